The van der Waals surface area contributed by atoms with Gasteiger partial charge in [-0.05, 0) is 44.2 Å². The predicted octanol–water partition coefficient (Wildman–Crippen LogP) is 4.45. The number of nitrogens with one attached hydrogen (secondary N) is 1. The molecule has 1 aromatic carbocycles. The third-order valence-corrected chi connectivity index (χ3v) is 8.22. The van der Waals surface area contributed by atoms with Crippen molar-refractivity contribution >= 4 is 39.2 Å². The number of rotatable bonds is 5. The smallest absolute Gasteiger partial charge is 0.263 e. The van der Waals surface area contributed by atoms with E-state index in [-0.39, 0.29) is 16.7 Å². The Bertz CT molecular complexity index is 1130. The second kappa shape index (κ2) is 8.94. The second-order valence-corrected chi connectivity index (χ2v) is 10.1. The highest BCUT2D eigenvalue weighted by Gasteiger charge is 2.26. The molecule has 1 unspecified atom stereocenters. The van der Waals surface area contributed by atoms with Gasteiger partial charge in [0.2, 0.25) is 5.91 Å². The van der Waals surface area contributed by atoms with Gasteiger partial charge >= 0.3 is 0 Å². The third-order valence-electron chi connectivity index (χ3n) is 5.63. The highest BCUT2D eigenvalue weighted by atomic mass is 32.2. The molecular weight excluding hydrogens is 414 g/mol. The lowest BCUT2D eigenvalue weighted by Crippen LogP contribution is -2.32. The van der Waals surface area contributed by atoms with Crippen LogP contribution in [-0.4, -0.2) is 27.3 Å². The van der Waals surface area contributed by atoms with Crippen LogP contribution in [0.4, 0.5) is 0 Å². The normalized spacial score (nSPS) is 17.2. The quantitative estimate of drug-likeness (QED) is 0.594. The number of carbonyl (C=O) groups is 1. The van der Waals surface area contributed by atoms with Crippen molar-refractivity contribution in [3.63, 3.8) is 0 Å². The molecule has 7 heteroatoms. The van der Waals surface area contributed by atoms with Gasteiger partial charge in [0.1, 0.15) is 4.83 Å². The van der Waals surface area contributed by atoms with E-state index in [1.165, 1.54) is 22.2 Å². The number of hydrogen-bond donors (Lipinski definition) is 1. The third kappa shape index (κ3) is 4.18. The summed E-state index contributed by atoms with van der Waals surface area (Å²) in [4.78, 5) is 33.0. The van der Waals surface area contributed by atoms with Gasteiger partial charge in [-0.15, -0.1) is 11.3 Å². The number of fused-ring (bicyclic) bond motifs is 1. The molecule has 4 rings (SSSR count). The number of amides is 1. The summed E-state index contributed by atoms with van der Waals surface area (Å²) in [7, 11) is 0. The maximum absolute atomic E-state index is 13.6. The molecule has 3 heterocycles. The lowest BCUT2D eigenvalue weighted by Gasteiger charge is -2.17. The zero-order valence-corrected chi connectivity index (χ0v) is 19.3. The zero-order chi connectivity index (χ0) is 21.3. The van der Waals surface area contributed by atoms with E-state index in [9.17, 15) is 9.59 Å². The number of aryl methyl sites for hydroxylation is 3. The molecule has 0 bridgehead atoms. The number of thiophene rings is 1. The van der Waals surface area contributed by atoms with Crippen LogP contribution in [0.1, 0.15) is 47.8 Å². The van der Waals surface area contributed by atoms with Gasteiger partial charge in [-0.3, -0.25) is 14.2 Å². The Morgan fingerprint density at radius 3 is 2.70 bits per heavy atom. The standard InChI is InChI=1S/C23H27N3O2S2/c1-4-17-15(3)19-21(29-17)25-23(30-18-7-5-6-12-24-20(18)27)26(22(19)28)13-16-10-8-14(2)9-11-16/h8-11,18H,4-7,12-13H2,1-3H3,(H,24,27). The van der Waals surface area contributed by atoms with Gasteiger partial charge in [-0.25, -0.2) is 4.98 Å². The minimum absolute atomic E-state index is 0.00875. The number of benzene rings is 1. The maximum Gasteiger partial charge on any atom is 0.263 e. The van der Waals surface area contributed by atoms with Crippen LogP contribution in [0.3, 0.4) is 0 Å². The highest BCUT2D eigenvalue weighted by Crippen LogP contribution is 2.32. The van der Waals surface area contributed by atoms with Crippen LogP contribution in [0.5, 0.6) is 0 Å². The van der Waals surface area contributed by atoms with E-state index >= 15 is 0 Å². The van der Waals surface area contributed by atoms with Gasteiger partial charge in [0, 0.05) is 11.4 Å². The number of aromatic nitrogens is 2. The summed E-state index contributed by atoms with van der Waals surface area (Å²) in [6.45, 7) is 7.35. The van der Waals surface area contributed by atoms with Crippen molar-refractivity contribution in [2.45, 2.75) is 63.4 Å². The summed E-state index contributed by atoms with van der Waals surface area (Å²) >= 11 is 3.03. The first-order valence-electron chi connectivity index (χ1n) is 10.5. The number of nitrogens with zero attached hydrogens (tertiary/aromatic N) is 2. The minimum atomic E-state index is -0.215. The lowest BCUT2D eigenvalue weighted by atomic mass is 10.1. The first-order valence-corrected chi connectivity index (χ1v) is 12.2. The summed E-state index contributed by atoms with van der Waals surface area (Å²) in [5.41, 5.74) is 3.27. The van der Waals surface area contributed by atoms with Crippen LogP contribution in [0.15, 0.2) is 34.2 Å². The van der Waals surface area contributed by atoms with E-state index in [0.717, 1.165) is 53.6 Å². The highest BCUT2D eigenvalue weighted by molar-refractivity contribution is 8.00. The van der Waals surface area contributed by atoms with Gasteiger partial charge in [0.05, 0.1) is 17.2 Å². The Labute approximate surface area is 184 Å². The van der Waals surface area contributed by atoms with E-state index in [1.807, 2.05) is 6.92 Å². The predicted molar refractivity (Wildman–Crippen MR) is 125 cm³/mol. The molecule has 1 saturated heterocycles. The van der Waals surface area contributed by atoms with Gasteiger partial charge in [0.15, 0.2) is 5.16 Å². The Kier molecular flexibility index (Phi) is 6.29. The van der Waals surface area contributed by atoms with E-state index < -0.39 is 0 Å². The molecule has 1 atom stereocenters. The summed E-state index contributed by atoms with van der Waals surface area (Å²) in [6.07, 6.45) is 3.69. The zero-order valence-electron chi connectivity index (χ0n) is 17.7. The average Bonchev–Trinajstić information content (AvgIpc) is 2.91. The molecule has 158 valence electrons. The van der Waals surface area contributed by atoms with Crippen LogP contribution in [0.2, 0.25) is 0 Å². The molecule has 3 aromatic rings. The second-order valence-electron chi connectivity index (χ2n) is 7.85. The Morgan fingerprint density at radius 2 is 1.97 bits per heavy atom. The summed E-state index contributed by atoms with van der Waals surface area (Å²) in [6, 6.07) is 8.22. The molecule has 1 aliphatic heterocycles. The summed E-state index contributed by atoms with van der Waals surface area (Å²) in [5.74, 6) is 0.0466. The number of thioether (sulfide) groups is 1. The topological polar surface area (TPSA) is 64.0 Å². The van der Waals surface area contributed by atoms with Crippen LogP contribution in [-0.2, 0) is 17.8 Å². The fourth-order valence-electron chi connectivity index (χ4n) is 3.84. The average molecular weight is 442 g/mol. The molecule has 1 N–H and O–H groups in total. The summed E-state index contributed by atoms with van der Waals surface area (Å²) in [5, 5.41) is 4.14. The van der Waals surface area contributed by atoms with Crippen LogP contribution in [0, 0.1) is 13.8 Å². The van der Waals surface area contributed by atoms with Crippen molar-refractivity contribution < 1.29 is 4.79 Å². The van der Waals surface area contributed by atoms with Gasteiger partial charge in [-0.1, -0.05) is 54.9 Å². The molecule has 0 saturated carbocycles. The van der Waals surface area contributed by atoms with Crippen LogP contribution < -0.4 is 10.9 Å². The first kappa shape index (κ1) is 21.1. The molecular formula is C23H27N3O2S2. The Balaban J connectivity index is 1.82. The Morgan fingerprint density at radius 1 is 1.20 bits per heavy atom. The fourth-order valence-corrected chi connectivity index (χ4v) is 6.15. The molecule has 1 aliphatic rings. The van der Waals surface area contributed by atoms with Crippen molar-refractivity contribution in [3.05, 3.63) is 56.2 Å². The van der Waals surface area contributed by atoms with Crippen LogP contribution >= 0.6 is 23.1 Å². The van der Waals surface area contributed by atoms with Gasteiger partial charge in [-0.2, -0.15) is 0 Å². The monoisotopic (exact) mass is 441 g/mol. The van der Waals surface area contributed by atoms with Crippen molar-refractivity contribution in [1.29, 1.82) is 0 Å². The van der Waals surface area contributed by atoms with Crippen molar-refractivity contribution in [2.24, 2.45) is 0 Å². The van der Waals surface area contributed by atoms with Gasteiger partial charge in [0.25, 0.3) is 5.56 Å². The lowest BCUT2D eigenvalue weighted by molar-refractivity contribution is -0.120. The molecule has 30 heavy (non-hydrogen) atoms. The van der Waals surface area contributed by atoms with Gasteiger partial charge < -0.3 is 5.32 Å². The molecule has 5 nitrogen and oxygen atoms in total. The maximum atomic E-state index is 13.6. The van der Waals surface area contributed by atoms with E-state index in [4.69, 9.17) is 4.98 Å². The molecule has 0 aliphatic carbocycles. The number of carbonyl (C=O) groups excluding carboxylic acids is 1. The van der Waals surface area contributed by atoms with Crippen molar-refractivity contribution in [3.8, 4) is 0 Å². The molecule has 2 aromatic heterocycles. The fraction of sp³-hybridized carbons (Fsp3) is 0.435. The number of hydrogen-bond acceptors (Lipinski definition) is 5. The molecule has 1 amide bonds. The first-order chi connectivity index (χ1) is 14.5. The van der Waals surface area contributed by atoms with Crippen LogP contribution in [0.25, 0.3) is 10.2 Å². The Hall–Kier alpha value is -2.12. The summed E-state index contributed by atoms with van der Waals surface area (Å²) < 4.78 is 1.76. The minimum Gasteiger partial charge on any atom is -0.355 e. The molecule has 0 spiro atoms. The molecule has 0 radical (unpaired) electrons. The SMILES string of the molecule is CCc1sc2nc(SC3CCCCNC3=O)n(Cc3ccc(C)cc3)c(=O)c2c1C. The van der Waals surface area contributed by atoms with Crippen molar-refractivity contribution in [1.82, 2.24) is 14.9 Å². The molecule has 1 fully saturated rings. The largest absolute Gasteiger partial charge is 0.355 e. The van der Waals surface area contributed by atoms with E-state index in [2.05, 4.69) is 43.4 Å². The van der Waals surface area contributed by atoms with E-state index in [1.54, 1.807) is 15.9 Å². The van der Waals surface area contributed by atoms with E-state index in [0.29, 0.717) is 11.7 Å². The van der Waals surface area contributed by atoms with Crippen molar-refractivity contribution in [2.75, 3.05) is 6.54 Å².